The summed E-state index contributed by atoms with van der Waals surface area (Å²) in [4.78, 5) is 33.0. The molecule has 1 aromatic carbocycles. The first kappa shape index (κ1) is 18.7. The Morgan fingerprint density at radius 2 is 1.69 bits per heavy atom. The van der Waals surface area contributed by atoms with Crippen molar-refractivity contribution < 1.29 is 18.4 Å². The van der Waals surface area contributed by atoms with Crippen molar-refractivity contribution in [2.24, 2.45) is 0 Å². The monoisotopic (exact) mass is 394 g/mol. The second kappa shape index (κ2) is 8.14. The van der Waals surface area contributed by atoms with E-state index in [-0.39, 0.29) is 17.5 Å². The second-order valence-corrected chi connectivity index (χ2v) is 6.60. The molecule has 1 aliphatic rings. The average Bonchev–Trinajstić information content (AvgIpc) is 3.30. The Morgan fingerprint density at radius 1 is 0.966 bits per heavy atom. The van der Waals surface area contributed by atoms with Crippen LogP contribution in [0.1, 0.15) is 20.7 Å². The molecule has 2 amide bonds. The van der Waals surface area contributed by atoms with Crippen LogP contribution in [0.3, 0.4) is 0 Å². The van der Waals surface area contributed by atoms with Crippen LogP contribution in [0.15, 0.2) is 65.6 Å². The van der Waals surface area contributed by atoms with Crippen molar-refractivity contribution in [2.75, 3.05) is 31.5 Å². The van der Waals surface area contributed by atoms with Gasteiger partial charge in [0.15, 0.2) is 0 Å². The number of nitrogens with zero attached hydrogens (tertiary/aromatic N) is 3. The van der Waals surface area contributed by atoms with Gasteiger partial charge in [-0.2, -0.15) is 0 Å². The first-order valence-corrected chi connectivity index (χ1v) is 9.21. The van der Waals surface area contributed by atoms with Gasteiger partial charge in [-0.1, -0.05) is 12.1 Å². The molecule has 1 saturated heterocycles. The van der Waals surface area contributed by atoms with Gasteiger partial charge in [-0.15, -0.1) is 0 Å². The number of para-hydroxylation sites is 1. The number of benzene rings is 1. The number of rotatable bonds is 4. The topological polar surface area (TPSA) is 78.7 Å². The molecule has 1 aliphatic heterocycles. The average molecular weight is 394 g/mol. The summed E-state index contributed by atoms with van der Waals surface area (Å²) in [5.74, 6) is -0.469. The first-order valence-electron chi connectivity index (χ1n) is 9.21. The van der Waals surface area contributed by atoms with Crippen molar-refractivity contribution in [3.63, 3.8) is 0 Å². The van der Waals surface area contributed by atoms with E-state index in [0.717, 1.165) is 0 Å². The van der Waals surface area contributed by atoms with E-state index in [1.807, 2.05) is 0 Å². The largest absolute Gasteiger partial charge is 0.472 e. The summed E-state index contributed by atoms with van der Waals surface area (Å²) in [6.07, 6.45) is 4.41. The van der Waals surface area contributed by atoms with Gasteiger partial charge in [0.2, 0.25) is 0 Å². The van der Waals surface area contributed by atoms with Gasteiger partial charge >= 0.3 is 0 Å². The van der Waals surface area contributed by atoms with Crippen molar-refractivity contribution >= 4 is 23.3 Å². The Balaban J connectivity index is 1.46. The van der Waals surface area contributed by atoms with Crippen molar-refractivity contribution in [2.45, 2.75) is 0 Å². The fourth-order valence-electron chi connectivity index (χ4n) is 3.22. The lowest BCUT2D eigenvalue weighted by atomic mass is 10.2. The number of furan rings is 1. The van der Waals surface area contributed by atoms with Gasteiger partial charge in [0, 0.05) is 32.4 Å². The number of anilines is 2. The molecule has 4 rings (SSSR count). The van der Waals surface area contributed by atoms with Gasteiger partial charge in [0.1, 0.15) is 17.9 Å². The number of piperazine rings is 1. The Morgan fingerprint density at radius 3 is 2.38 bits per heavy atom. The zero-order valence-corrected chi connectivity index (χ0v) is 15.5. The molecule has 0 aliphatic carbocycles. The fraction of sp³-hybridized carbons (Fsp3) is 0.190. The summed E-state index contributed by atoms with van der Waals surface area (Å²) < 4.78 is 18.9. The molecular formula is C21H19FN4O3. The fourth-order valence-corrected chi connectivity index (χ4v) is 3.22. The molecule has 29 heavy (non-hydrogen) atoms. The standard InChI is InChI=1S/C21H19FN4O3/c22-17-5-1-2-6-18(17)24-19-16(4-3-8-23-19)21(28)26-11-9-25(10-12-26)20(27)15-7-13-29-14-15/h1-8,13-14H,9-12H2,(H,23,24). The molecule has 0 spiro atoms. The SMILES string of the molecule is O=C(c1ccoc1)N1CCN(C(=O)c2cccnc2Nc2ccccc2F)CC1. The van der Waals surface area contributed by atoms with Crippen molar-refractivity contribution in [1.29, 1.82) is 0 Å². The molecule has 0 unspecified atom stereocenters. The minimum atomic E-state index is -0.428. The van der Waals surface area contributed by atoms with E-state index in [4.69, 9.17) is 4.42 Å². The van der Waals surface area contributed by atoms with Crippen LogP contribution in [-0.2, 0) is 0 Å². The van der Waals surface area contributed by atoms with Gasteiger partial charge in [-0.25, -0.2) is 9.37 Å². The summed E-state index contributed by atoms with van der Waals surface area (Å²) in [7, 11) is 0. The zero-order valence-electron chi connectivity index (χ0n) is 15.5. The highest BCUT2D eigenvalue weighted by Crippen LogP contribution is 2.22. The third-order valence-corrected chi connectivity index (χ3v) is 4.79. The highest BCUT2D eigenvalue weighted by Gasteiger charge is 2.27. The van der Waals surface area contributed by atoms with E-state index in [1.165, 1.54) is 18.6 Å². The number of aromatic nitrogens is 1. The molecule has 0 bridgehead atoms. The van der Waals surface area contributed by atoms with Gasteiger partial charge in [0.25, 0.3) is 11.8 Å². The first-order chi connectivity index (χ1) is 14.1. The molecule has 2 aromatic heterocycles. The lowest BCUT2D eigenvalue weighted by Gasteiger charge is -2.34. The maximum absolute atomic E-state index is 14.0. The zero-order chi connectivity index (χ0) is 20.2. The highest BCUT2D eigenvalue weighted by molar-refractivity contribution is 5.99. The number of nitrogens with one attached hydrogen (secondary N) is 1. The summed E-state index contributed by atoms with van der Waals surface area (Å²) in [5.41, 5.74) is 1.09. The maximum atomic E-state index is 14.0. The molecule has 0 saturated carbocycles. The predicted octanol–water partition coefficient (Wildman–Crippen LogP) is 3.16. The number of hydrogen-bond donors (Lipinski definition) is 1. The Bertz CT molecular complexity index is 1010. The van der Waals surface area contributed by atoms with Crippen LogP contribution in [0.2, 0.25) is 0 Å². The smallest absolute Gasteiger partial charge is 0.257 e. The third kappa shape index (κ3) is 3.96. The molecular weight excluding hydrogens is 375 g/mol. The predicted molar refractivity (Wildman–Crippen MR) is 104 cm³/mol. The minimum Gasteiger partial charge on any atom is -0.472 e. The quantitative estimate of drug-likeness (QED) is 0.735. The highest BCUT2D eigenvalue weighted by atomic mass is 19.1. The van der Waals surface area contributed by atoms with E-state index < -0.39 is 5.82 Å². The normalized spacial score (nSPS) is 14.0. The molecule has 7 nitrogen and oxygen atoms in total. The molecule has 8 heteroatoms. The van der Waals surface area contributed by atoms with E-state index in [2.05, 4.69) is 10.3 Å². The second-order valence-electron chi connectivity index (χ2n) is 6.60. The maximum Gasteiger partial charge on any atom is 0.257 e. The van der Waals surface area contributed by atoms with Gasteiger partial charge < -0.3 is 19.5 Å². The number of halogens is 1. The summed E-state index contributed by atoms with van der Waals surface area (Å²) in [6, 6.07) is 11.2. The Hall–Kier alpha value is -3.68. The van der Waals surface area contributed by atoms with Crippen molar-refractivity contribution in [3.05, 3.63) is 78.1 Å². The molecule has 3 aromatic rings. The number of hydrogen-bond acceptors (Lipinski definition) is 5. The van der Waals surface area contributed by atoms with Crippen LogP contribution in [-0.4, -0.2) is 52.8 Å². The number of pyridine rings is 1. The van der Waals surface area contributed by atoms with Crippen LogP contribution >= 0.6 is 0 Å². The van der Waals surface area contributed by atoms with Crippen molar-refractivity contribution in [1.82, 2.24) is 14.8 Å². The van der Waals surface area contributed by atoms with Gasteiger partial charge in [-0.3, -0.25) is 9.59 Å². The lowest BCUT2D eigenvalue weighted by molar-refractivity contribution is 0.0535. The van der Waals surface area contributed by atoms with Crippen LogP contribution in [0.25, 0.3) is 0 Å². The van der Waals surface area contributed by atoms with Crippen LogP contribution in [0.4, 0.5) is 15.9 Å². The molecule has 0 atom stereocenters. The summed E-state index contributed by atoms with van der Waals surface area (Å²) in [5, 5.41) is 2.90. The number of amides is 2. The molecule has 3 heterocycles. The number of carbonyl (C=O) groups excluding carboxylic acids is 2. The molecule has 0 radical (unpaired) electrons. The lowest BCUT2D eigenvalue weighted by Crippen LogP contribution is -2.50. The van der Waals surface area contributed by atoms with Crippen LogP contribution in [0.5, 0.6) is 0 Å². The Kier molecular flexibility index (Phi) is 5.24. The molecule has 1 fully saturated rings. The Labute approximate surface area is 166 Å². The molecule has 148 valence electrons. The van der Waals surface area contributed by atoms with Gasteiger partial charge in [0.05, 0.1) is 23.1 Å². The molecule has 1 N–H and O–H groups in total. The van der Waals surface area contributed by atoms with E-state index in [0.29, 0.717) is 43.1 Å². The third-order valence-electron chi connectivity index (χ3n) is 4.79. The summed E-state index contributed by atoms with van der Waals surface area (Å²) >= 11 is 0. The minimum absolute atomic E-state index is 0.117. The van der Waals surface area contributed by atoms with E-state index in [9.17, 15) is 14.0 Å². The van der Waals surface area contributed by atoms with Crippen LogP contribution in [0, 0.1) is 5.82 Å². The van der Waals surface area contributed by atoms with E-state index in [1.54, 1.807) is 52.4 Å². The van der Waals surface area contributed by atoms with Crippen LogP contribution < -0.4 is 5.32 Å². The number of carbonyl (C=O) groups is 2. The van der Waals surface area contributed by atoms with Crippen molar-refractivity contribution in [3.8, 4) is 0 Å². The summed E-state index contributed by atoms with van der Waals surface area (Å²) in [6.45, 7) is 1.64. The van der Waals surface area contributed by atoms with Gasteiger partial charge in [-0.05, 0) is 30.3 Å². The van der Waals surface area contributed by atoms with E-state index >= 15 is 0 Å².